The predicted molar refractivity (Wildman–Crippen MR) is 76.9 cm³/mol. The molecule has 2 unspecified atom stereocenters. The van der Waals surface area contributed by atoms with E-state index >= 15 is 0 Å². The van der Waals surface area contributed by atoms with Crippen LogP contribution >= 0.6 is 0 Å². The standard InChI is InChI=1S/C14H21N5/c1-19-9-17-13-12(19)6-7-16-14(13)18-11-5-3-2-4-10(11)8-15/h6-7,9-11H,2-5,8,15H2,1H3,(H,16,18). The number of pyridine rings is 1. The van der Waals surface area contributed by atoms with Crippen molar-refractivity contribution in [1.82, 2.24) is 14.5 Å². The van der Waals surface area contributed by atoms with Crippen molar-refractivity contribution in [2.24, 2.45) is 18.7 Å². The molecule has 0 aliphatic heterocycles. The lowest BCUT2D eigenvalue weighted by Gasteiger charge is -2.31. The third-order valence-corrected chi connectivity index (χ3v) is 4.18. The zero-order chi connectivity index (χ0) is 13.2. The summed E-state index contributed by atoms with van der Waals surface area (Å²) in [7, 11) is 2.00. The van der Waals surface area contributed by atoms with Crippen LogP contribution in [0.3, 0.4) is 0 Å². The van der Waals surface area contributed by atoms with E-state index in [1.807, 2.05) is 30.2 Å². The molecule has 1 fully saturated rings. The smallest absolute Gasteiger partial charge is 0.154 e. The van der Waals surface area contributed by atoms with Crippen LogP contribution in [0.1, 0.15) is 25.7 Å². The van der Waals surface area contributed by atoms with Crippen molar-refractivity contribution < 1.29 is 0 Å². The van der Waals surface area contributed by atoms with Crippen molar-refractivity contribution in [2.45, 2.75) is 31.7 Å². The Morgan fingerprint density at radius 2 is 2.21 bits per heavy atom. The van der Waals surface area contributed by atoms with E-state index in [0.717, 1.165) is 23.4 Å². The molecule has 102 valence electrons. The van der Waals surface area contributed by atoms with Crippen LogP contribution in [-0.4, -0.2) is 27.1 Å². The highest BCUT2D eigenvalue weighted by Crippen LogP contribution is 2.28. The van der Waals surface area contributed by atoms with E-state index in [2.05, 4.69) is 15.3 Å². The summed E-state index contributed by atoms with van der Waals surface area (Å²) in [6.07, 6.45) is 8.62. The highest BCUT2D eigenvalue weighted by Gasteiger charge is 2.24. The monoisotopic (exact) mass is 259 g/mol. The number of nitrogens with one attached hydrogen (secondary N) is 1. The van der Waals surface area contributed by atoms with Gasteiger partial charge in [-0.1, -0.05) is 12.8 Å². The van der Waals surface area contributed by atoms with Gasteiger partial charge < -0.3 is 15.6 Å². The first-order valence-corrected chi connectivity index (χ1v) is 7.02. The highest BCUT2D eigenvalue weighted by molar-refractivity contribution is 5.85. The topological polar surface area (TPSA) is 68.8 Å². The lowest BCUT2D eigenvalue weighted by atomic mass is 9.84. The molecule has 0 aromatic carbocycles. The van der Waals surface area contributed by atoms with Gasteiger partial charge >= 0.3 is 0 Å². The maximum atomic E-state index is 5.88. The Kier molecular flexibility index (Phi) is 3.38. The number of hydrogen-bond acceptors (Lipinski definition) is 4. The molecule has 0 spiro atoms. The lowest BCUT2D eigenvalue weighted by Crippen LogP contribution is -2.37. The number of anilines is 1. The molecule has 0 bridgehead atoms. The Morgan fingerprint density at radius 1 is 1.37 bits per heavy atom. The Hall–Kier alpha value is -1.62. The van der Waals surface area contributed by atoms with Gasteiger partial charge in [0.05, 0.1) is 11.8 Å². The summed E-state index contributed by atoms with van der Waals surface area (Å²) in [5.74, 6) is 1.44. The molecule has 2 atom stereocenters. The minimum atomic E-state index is 0.429. The first kappa shape index (κ1) is 12.4. The van der Waals surface area contributed by atoms with Crippen LogP contribution in [0.2, 0.25) is 0 Å². The zero-order valence-corrected chi connectivity index (χ0v) is 11.3. The fourth-order valence-electron chi connectivity index (χ4n) is 3.02. The molecular formula is C14H21N5. The van der Waals surface area contributed by atoms with Crippen LogP contribution in [-0.2, 0) is 7.05 Å². The number of nitrogens with two attached hydrogens (primary N) is 1. The molecule has 2 heterocycles. The van der Waals surface area contributed by atoms with Crippen LogP contribution < -0.4 is 11.1 Å². The summed E-state index contributed by atoms with van der Waals surface area (Å²) < 4.78 is 2.02. The molecule has 5 heteroatoms. The molecule has 1 saturated carbocycles. The normalized spacial score (nSPS) is 23.7. The quantitative estimate of drug-likeness (QED) is 0.883. The largest absolute Gasteiger partial charge is 0.365 e. The SMILES string of the molecule is Cn1cnc2c(NC3CCCCC3CN)nccc21. The lowest BCUT2D eigenvalue weighted by molar-refractivity contribution is 0.332. The van der Waals surface area contributed by atoms with Gasteiger partial charge in [-0.15, -0.1) is 0 Å². The average molecular weight is 259 g/mol. The molecular weight excluding hydrogens is 238 g/mol. The van der Waals surface area contributed by atoms with Crippen LogP contribution in [0, 0.1) is 5.92 Å². The van der Waals surface area contributed by atoms with Crippen molar-refractivity contribution in [3.63, 3.8) is 0 Å². The van der Waals surface area contributed by atoms with Crippen molar-refractivity contribution >= 4 is 16.9 Å². The van der Waals surface area contributed by atoms with Crippen molar-refractivity contribution in [3.05, 3.63) is 18.6 Å². The molecule has 0 radical (unpaired) electrons. The van der Waals surface area contributed by atoms with Gasteiger partial charge in [0, 0.05) is 19.3 Å². The van der Waals surface area contributed by atoms with Gasteiger partial charge in [0.25, 0.3) is 0 Å². The van der Waals surface area contributed by atoms with Gasteiger partial charge in [-0.25, -0.2) is 9.97 Å². The summed E-state index contributed by atoms with van der Waals surface area (Å²) in [6, 6.07) is 2.42. The maximum Gasteiger partial charge on any atom is 0.154 e. The van der Waals surface area contributed by atoms with Crippen molar-refractivity contribution in [3.8, 4) is 0 Å². The Labute approximate surface area is 113 Å². The minimum absolute atomic E-state index is 0.429. The molecule has 0 saturated heterocycles. The number of imidazole rings is 1. The molecule has 5 nitrogen and oxygen atoms in total. The van der Waals surface area contributed by atoms with Gasteiger partial charge in [0.1, 0.15) is 5.52 Å². The molecule has 2 aromatic rings. The third kappa shape index (κ3) is 2.30. The van der Waals surface area contributed by atoms with Crippen LogP contribution in [0.15, 0.2) is 18.6 Å². The Bertz CT molecular complexity index is 562. The Morgan fingerprint density at radius 3 is 3.05 bits per heavy atom. The van der Waals surface area contributed by atoms with E-state index in [1.54, 1.807) is 0 Å². The summed E-state index contributed by atoms with van der Waals surface area (Å²) in [5, 5.41) is 3.57. The summed E-state index contributed by atoms with van der Waals surface area (Å²) in [5.41, 5.74) is 7.94. The van der Waals surface area contributed by atoms with E-state index in [-0.39, 0.29) is 0 Å². The minimum Gasteiger partial charge on any atom is -0.365 e. The van der Waals surface area contributed by atoms with Crippen molar-refractivity contribution in [2.75, 3.05) is 11.9 Å². The second-order valence-corrected chi connectivity index (χ2v) is 5.41. The molecule has 2 aromatic heterocycles. The van der Waals surface area contributed by atoms with Gasteiger partial charge in [0.15, 0.2) is 5.82 Å². The highest BCUT2D eigenvalue weighted by atomic mass is 15.1. The number of nitrogens with zero attached hydrogens (tertiary/aromatic N) is 3. The maximum absolute atomic E-state index is 5.88. The van der Waals surface area contributed by atoms with Gasteiger partial charge in [-0.3, -0.25) is 0 Å². The predicted octanol–water partition coefficient (Wildman–Crippen LogP) is 1.90. The number of fused-ring (bicyclic) bond motifs is 1. The van der Waals surface area contributed by atoms with Gasteiger partial charge in [-0.2, -0.15) is 0 Å². The van der Waals surface area contributed by atoms with E-state index in [0.29, 0.717) is 12.0 Å². The molecule has 1 aliphatic rings. The van der Waals surface area contributed by atoms with E-state index in [1.165, 1.54) is 25.7 Å². The zero-order valence-electron chi connectivity index (χ0n) is 11.3. The number of hydrogen-bond donors (Lipinski definition) is 2. The summed E-state index contributed by atoms with van der Waals surface area (Å²) in [4.78, 5) is 8.90. The summed E-state index contributed by atoms with van der Waals surface area (Å²) >= 11 is 0. The fraction of sp³-hybridized carbons (Fsp3) is 0.571. The number of aryl methyl sites for hydroxylation is 1. The number of rotatable bonds is 3. The molecule has 19 heavy (non-hydrogen) atoms. The van der Waals surface area contributed by atoms with Crippen LogP contribution in [0.4, 0.5) is 5.82 Å². The van der Waals surface area contributed by atoms with E-state index in [4.69, 9.17) is 5.73 Å². The average Bonchev–Trinajstić information content (AvgIpc) is 2.82. The van der Waals surface area contributed by atoms with Crippen LogP contribution in [0.25, 0.3) is 11.0 Å². The first-order valence-electron chi connectivity index (χ1n) is 7.02. The second-order valence-electron chi connectivity index (χ2n) is 5.41. The first-order chi connectivity index (χ1) is 9.29. The van der Waals surface area contributed by atoms with Crippen LogP contribution in [0.5, 0.6) is 0 Å². The number of aromatic nitrogens is 3. The third-order valence-electron chi connectivity index (χ3n) is 4.18. The van der Waals surface area contributed by atoms with Gasteiger partial charge in [0.2, 0.25) is 0 Å². The van der Waals surface area contributed by atoms with Gasteiger partial charge in [-0.05, 0) is 31.4 Å². The molecule has 1 aliphatic carbocycles. The molecule has 3 rings (SSSR count). The second kappa shape index (κ2) is 5.17. The molecule has 0 amide bonds. The Balaban J connectivity index is 1.88. The molecule has 3 N–H and O–H groups in total. The van der Waals surface area contributed by atoms with E-state index in [9.17, 15) is 0 Å². The van der Waals surface area contributed by atoms with E-state index < -0.39 is 0 Å². The summed E-state index contributed by atoms with van der Waals surface area (Å²) in [6.45, 7) is 0.746. The van der Waals surface area contributed by atoms with Crippen molar-refractivity contribution in [1.29, 1.82) is 0 Å². The fourth-order valence-corrected chi connectivity index (χ4v) is 3.02.